The lowest BCUT2D eigenvalue weighted by atomic mass is 10.0. The van der Waals surface area contributed by atoms with E-state index in [1.165, 1.54) is 5.56 Å². The van der Waals surface area contributed by atoms with E-state index in [4.69, 9.17) is 4.74 Å². The summed E-state index contributed by atoms with van der Waals surface area (Å²) in [7, 11) is 0. The predicted molar refractivity (Wildman–Crippen MR) is 141 cm³/mol. The monoisotopic (exact) mass is 473 g/mol. The molecule has 6 nitrogen and oxygen atoms in total. The second-order valence-corrected chi connectivity index (χ2v) is 10.2. The van der Waals surface area contributed by atoms with Crippen molar-refractivity contribution in [2.24, 2.45) is 0 Å². The number of likely N-dealkylation sites (tertiary alicyclic amines) is 1. The highest BCUT2D eigenvalue weighted by molar-refractivity contribution is 6.10. The molecule has 3 aromatic rings. The quantitative estimate of drug-likeness (QED) is 0.485. The first kappa shape index (κ1) is 24.7. The fourth-order valence-corrected chi connectivity index (χ4v) is 4.49. The van der Waals surface area contributed by atoms with Gasteiger partial charge in [0.25, 0.3) is 5.91 Å². The first-order valence-corrected chi connectivity index (χ1v) is 12.3. The van der Waals surface area contributed by atoms with Gasteiger partial charge in [-0.2, -0.15) is 0 Å². The van der Waals surface area contributed by atoms with Crippen LogP contribution in [0.5, 0.6) is 0 Å². The second kappa shape index (κ2) is 10.5. The number of aryl methyl sites for hydroxylation is 1. The minimum atomic E-state index is -0.473. The van der Waals surface area contributed by atoms with Gasteiger partial charge in [0.2, 0.25) is 0 Å². The number of nitrogens with one attached hydrogen (secondary N) is 2. The summed E-state index contributed by atoms with van der Waals surface area (Å²) in [5.41, 5.74) is 3.15. The van der Waals surface area contributed by atoms with E-state index in [1.54, 1.807) is 4.90 Å². The number of hydrogen-bond acceptors (Lipinski definition) is 4. The highest BCUT2D eigenvalue weighted by Gasteiger charge is 2.26. The largest absolute Gasteiger partial charge is 0.444 e. The Bertz CT molecular complexity index is 1210. The molecule has 0 spiro atoms. The van der Waals surface area contributed by atoms with Gasteiger partial charge in [0.15, 0.2) is 0 Å². The molecule has 2 N–H and O–H groups in total. The maximum absolute atomic E-state index is 12.9. The summed E-state index contributed by atoms with van der Waals surface area (Å²) in [6.45, 7) is 9.73. The first-order chi connectivity index (χ1) is 16.7. The summed E-state index contributed by atoms with van der Waals surface area (Å²) in [5.74, 6) is -0.101. The van der Waals surface area contributed by atoms with Crippen molar-refractivity contribution in [1.29, 1.82) is 0 Å². The number of amides is 2. The number of rotatable bonds is 5. The topological polar surface area (TPSA) is 70.7 Å². The minimum absolute atomic E-state index is 0.101. The van der Waals surface area contributed by atoms with Gasteiger partial charge >= 0.3 is 6.09 Å². The van der Waals surface area contributed by atoms with Crippen LogP contribution in [0.25, 0.3) is 10.8 Å². The van der Waals surface area contributed by atoms with Crippen LogP contribution >= 0.6 is 0 Å². The molecule has 0 aliphatic carbocycles. The van der Waals surface area contributed by atoms with Crippen LogP contribution in [0.4, 0.5) is 10.5 Å². The average Bonchev–Trinajstić information content (AvgIpc) is 2.83. The summed E-state index contributed by atoms with van der Waals surface area (Å²) >= 11 is 0. The van der Waals surface area contributed by atoms with E-state index in [0.717, 1.165) is 41.4 Å². The molecule has 4 rings (SSSR count). The first-order valence-electron chi connectivity index (χ1n) is 12.3. The lowest BCUT2D eigenvalue weighted by Crippen LogP contribution is -2.46. The molecule has 3 aromatic carbocycles. The molecule has 0 aromatic heterocycles. The van der Waals surface area contributed by atoms with E-state index in [1.807, 2.05) is 76.2 Å². The third kappa shape index (κ3) is 6.20. The maximum atomic E-state index is 12.9. The summed E-state index contributed by atoms with van der Waals surface area (Å²) in [6, 6.07) is 20.2. The van der Waals surface area contributed by atoms with Crippen molar-refractivity contribution in [3.05, 3.63) is 77.4 Å². The number of ether oxygens (including phenoxy) is 1. The highest BCUT2D eigenvalue weighted by Crippen LogP contribution is 2.28. The van der Waals surface area contributed by atoms with Crippen molar-refractivity contribution < 1.29 is 14.3 Å². The van der Waals surface area contributed by atoms with Crippen LogP contribution in [0.3, 0.4) is 0 Å². The van der Waals surface area contributed by atoms with Crippen molar-refractivity contribution in [2.45, 2.75) is 58.7 Å². The Morgan fingerprint density at radius 1 is 0.943 bits per heavy atom. The van der Waals surface area contributed by atoms with Crippen molar-refractivity contribution in [1.82, 2.24) is 10.2 Å². The maximum Gasteiger partial charge on any atom is 0.410 e. The number of benzene rings is 3. The van der Waals surface area contributed by atoms with Crippen LogP contribution in [0.15, 0.2) is 60.7 Å². The predicted octanol–water partition coefficient (Wildman–Crippen LogP) is 5.89. The van der Waals surface area contributed by atoms with Crippen molar-refractivity contribution >= 4 is 28.5 Å². The van der Waals surface area contributed by atoms with E-state index in [2.05, 4.69) is 22.8 Å². The van der Waals surface area contributed by atoms with Crippen LogP contribution < -0.4 is 10.6 Å². The molecule has 2 amide bonds. The lowest BCUT2D eigenvalue weighted by molar-refractivity contribution is 0.0198. The van der Waals surface area contributed by atoms with Gasteiger partial charge in [0.05, 0.1) is 0 Å². The molecule has 0 bridgehead atoms. The van der Waals surface area contributed by atoms with Gasteiger partial charge in [-0.1, -0.05) is 48.5 Å². The van der Waals surface area contributed by atoms with E-state index in [-0.39, 0.29) is 12.0 Å². The standard InChI is InChI=1S/C29H35N3O3/c1-20-9-5-6-10-23(20)27(33)31-26-14-13-21(24-11-7-8-12-25(24)26)19-30-22-15-17-32(18-16-22)28(34)35-29(2,3)4/h5-14,22,30H,15-19H2,1-4H3,(H,31,33). The van der Waals surface area contributed by atoms with E-state index >= 15 is 0 Å². The Hall–Kier alpha value is -3.38. The molecule has 0 saturated carbocycles. The van der Waals surface area contributed by atoms with Crippen molar-refractivity contribution in [3.63, 3.8) is 0 Å². The van der Waals surface area contributed by atoms with E-state index < -0.39 is 5.60 Å². The molecule has 35 heavy (non-hydrogen) atoms. The minimum Gasteiger partial charge on any atom is -0.444 e. The summed E-state index contributed by atoms with van der Waals surface area (Å²) in [5, 5.41) is 8.90. The lowest BCUT2D eigenvalue weighted by Gasteiger charge is -2.34. The number of nitrogens with zero attached hydrogens (tertiary/aromatic N) is 1. The van der Waals surface area contributed by atoms with E-state index in [0.29, 0.717) is 24.7 Å². The van der Waals surface area contributed by atoms with Gasteiger partial charge in [-0.15, -0.1) is 0 Å². The van der Waals surface area contributed by atoms with Crippen LogP contribution in [-0.4, -0.2) is 41.6 Å². The third-order valence-electron chi connectivity index (χ3n) is 6.38. The molecule has 0 atom stereocenters. The molecule has 1 aliphatic rings. The van der Waals surface area contributed by atoms with Gasteiger partial charge in [-0.25, -0.2) is 4.79 Å². The molecule has 0 radical (unpaired) electrons. The second-order valence-electron chi connectivity index (χ2n) is 10.2. The van der Waals surface area contributed by atoms with Crippen molar-refractivity contribution in [2.75, 3.05) is 18.4 Å². The fraction of sp³-hybridized carbons (Fsp3) is 0.379. The molecular formula is C29H35N3O3. The molecule has 1 aliphatic heterocycles. The van der Waals surface area contributed by atoms with Crippen molar-refractivity contribution in [3.8, 4) is 0 Å². The number of hydrogen-bond donors (Lipinski definition) is 2. The van der Waals surface area contributed by atoms with Crippen LogP contribution in [-0.2, 0) is 11.3 Å². The molecular weight excluding hydrogens is 438 g/mol. The summed E-state index contributed by atoms with van der Waals surface area (Å²) in [6.07, 6.45) is 1.55. The van der Waals surface area contributed by atoms with Crippen LogP contribution in [0, 0.1) is 6.92 Å². The zero-order valence-electron chi connectivity index (χ0n) is 21.1. The average molecular weight is 474 g/mol. The molecule has 6 heteroatoms. The Balaban J connectivity index is 1.40. The summed E-state index contributed by atoms with van der Waals surface area (Å²) < 4.78 is 5.50. The fourth-order valence-electron chi connectivity index (χ4n) is 4.49. The number of fused-ring (bicyclic) bond motifs is 1. The smallest absolute Gasteiger partial charge is 0.410 e. The van der Waals surface area contributed by atoms with Gasteiger partial charge in [-0.05, 0) is 69.2 Å². The SMILES string of the molecule is Cc1ccccc1C(=O)Nc1ccc(CNC2CCN(C(=O)OC(C)(C)C)CC2)c2ccccc12. The molecule has 1 fully saturated rings. The zero-order chi connectivity index (χ0) is 25.0. The molecule has 1 saturated heterocycles. The number of piperidine rings is 1. The highest BCUT2D eigenvalue weighted by atomic mass is 16.6. The Morgan fingerprint density at radius 3 is 2.29 bits per heavy atom. The zero-order valence-corrected chi connectivity index (χ0v) is 21.1. The number of carbonyl (C=O) groups is 2. The van der Waals surface area contributed by atoms with Crippen LogP contribution in [0.2, 0.25) is 0 Å². The molecule has 184 valence electrons. The number of anilines is 1. The van der Waals surface area contributed by atoms with Gasteiger partial charge in [0, 0.05) is 42.3 Å². The van der Waals surface area contributed by atoms with E-state index in [9.17, 15) is 9.59 Å². The normalized spacial score (nSPS) is 14.7. The molecule has 1 heterocycles. The summed E-state index contributed by atoms with van der Waals surface area (Å²) in [4.78, 5) is 27.0. The van der Waals surface area contributed by atoms with Gasteiger partial charge < -0.3 is 20.3 Å². The third-order valence-corrected chi connectivity index (χ3v) is 6.38. The Morgan fingerprint density at radius 2 is 1.60 bits per heavy atom. The Labute approximate surface area is 207 Å². The van der Waals surface area contributed by atoms with Gasteiger partial charge in [0.1, 0.15) is 5.60 Å². The van der Waals surface area contributed by atoms with Gasteiger partial charge in [-0.3, -0.25) is 4.79 Å². The number of carbonyl (C=O) groups excluding carboxylic acids is 2. The molecule has 0 unspecified atom stereocenters. The Kier molecular flexibility index (Phi) is 7.41. The van der Waals surface area contributed by atoms with Crippen LogP contribution in [0.1, 0.15) is 55.1 Å².